The number of aromatic nitrogens is 1. The summed E-state index contributed by atoms with van der Waals surface area (Å²) in [5.74, 6) is -1.20. The van der Waals surface area contributed by atoms with Crippen molar-refractivity contribution in [2.45, 2.75) is 26.9 Å². The monoisotopic (exact) mass is 352 g/mol. The molecule has 0 aliphatic rings. The lowest BCUT2D eigenvalue weighted by Crippen LogP contribution is -2.15. The summed E-state index contributed by atoms with van der Waals surface area (Å²) < 4.78 is 15.0. The molecule has 5 heteroatoms. The average Bonchev–Trinajstić information content (AvgIpc) is 2.88. The molecule has 1 aromatic heterocycles. The molecule has 2 N–H and O–H groups in total. The first-order chi connectivity index (χ1) is 12.5. The van der Waals surface area contributed by atoms with Gasteiger partial charge in [-0.15, -0.1) is 0 Å². The number of benzene rings is 2. The van der Waals surface area contributed by atoms with Gasteiger partial charge in [-0.1, -0.05) is 30.3 Å². The first kappa shape index (κ1) is 17.9. The Bertz CT molecular complexity index is 915. The molecule has 3 rings (SSSR count). The Morgan fingerprint density at radius 1 is 1.00 bits per heavy atom. The van der Waals surface area contributed by atoms with Gasteiger partial charge in [-0.2, -0.15) is 0 Å². The second-order valence-corrected chi connectivity index (χ2v) is 6.23. The molecule has 0 saturated heterocycles. The van der Waals surface area contributed by atoms with E-state index in [1.807, 2.05) is 48.7 Å². The van der Waals surface area contributed by atoms with Gasteiger partial charge in [0.25, 0.3) is 0 Å². The number of halogens is 1. The quantitative estimate of drug-likeness (QED) is 0.698. The number of carboxylic acid groups (broad SMARTS) is 1. The molecule has 3 aromatic rings. The molecule has 4 nitrogen and oxygen atoms in total. The molecule has 1 heterocycles. The Morgan fingerprint density at radius 2 is 1.65 bits per heavy atom. The lowest BCUT2D eigenvalue weighted by molar-refractivity contribution is 0.0695. The zero-order chi connectivity index (χ0) is 18.7. The summed E-state index contributed by atoms with van der Waals surface area (Å²) in [7, 11) is 0. The SMILES string of the molecule is Cc1c(CNCc2ccc(F)cc2)c(C(=O)O)c(C)n1-c1ccccc1. The van der Waals surface area contributed by atoms with Gasteiger partial charge in [-0.3, -0.25) is 0 Å². The van der Waals surface area contributed by atoms with E-state index in [2.05, 4.69) is 5.32 Å². The van der Waals surface area contributed by atoms with Gasteiger partial charge in [-0.25, -0.2) is 9.18 Å². The predicted octanol–water partition coefficient (Wildman–Crippen LogP) is 4.22. The van der Waals surface area contributed by atoms with Crippen LogP contribution >= 0.6 is 0 Å². The first-order valence-corrected chi connectivity index (χ1v) is 8.43. The number of para-hydroxylation sites is 1. The van der Waals surface area contributed by atoms with Gasteiger partial charge in [0.1, 0.15) is 5.82 Å². The lowest BCUT2D eigenvalue weighted by Gasteiger charge is -2.10. The molecule has 0 aliphatic heterocycles. The Kier molecular flexibility index (Phi) is 5.19. The van der Waals surface area contributed by atoms with Gasteiger partial charge in [0.15, 0.2) is 0 Å². The van der Waals surface area contributed by atoms with Crippen LogP contribution in [0.2, 0.25) is 0 Å². The molecule has 0 unspecified atom stereocenters. The number of carboxylic acids is 1. The summed E-state index contributed by atoms with van der Waals surface area (Å²) in [5, 5.41) is 13.0. The smallest absolute Gasteiger partial charge is 0.337 e. The molecule has 0 bridgehead atoms. The van der Waals surface area contributed by atoms with Crippen molar-refractivity contribution in [3.63, 3.8) is 0 Å². The van der Waals surface area contributed by atoms with Crippen LogP contribution in [0.5, 0.6) is 0 Å². The van der Waals surface area contributed by atoms with Gasteiger partial charge < -0.3 is 15.0 Å². The fraction of sp³-hybridized carbons (Fsp3) is 0.190. The zero-order valence-electron chi connectivity index (χ0n) is 14.8. The second kappa shape index (κ2) is 7.54. The van der Waals surface area contributed by atoms with Crippen molar-refractivity contribution >= 4 is 5.97 Å². The van der Waals surface area contributed by atoms with Crippen LogP contribution in [0.1, 0.15) is 32.9 Å². The molecule has 0 spiro atoms. The van der Waals surface area contributed by atoms with Crippen molar-refractivity contribution in [1.82, 2.24) is 9.88 Å². The van der Waals surface area contributed by atoms with Crippen LogP contribution in [0.15, 0.2) is 54.6 Å². The molecule has 0 saturated carbocycles. The van der Waals surface area contributed by atoms with Crippen molar-refractivity contribution < 1.29 is 14.3 Å². The van der Waals surface area contributed by atoms with Gasteiger partial charge in [0.05, 0.1) is 5.56 Å². The van der Waals surface area contributed by atoms with E-state index in [0.717, 1.165) is 22.5 Å². The molecule has 0 fully saturated rings. The van der Waals surface area contributed by atoms with Gasteiger partial charge >= 0.3 is 5.97 Å². The van der Waals surface area contributed by atoms with Crippen LogP contribution in [-0.4, -0.2) is 15.6 Å². The van der Waals surface area contributed by atoms with E-state index in [1.165, 1.54) is 12.1 Å². The highest BCUT2D eigenvalue weighted by molar-refractivity contribution is 5.91. The summed E-state index contributed by atoms with van der Waals surface area (Å²) in [4.78, 5) is 11.8. The molecule has 26 heavy (non-hydrogen) atoms. The van der Waals surface area contributed by atoms with Gasteiger partial charge in [0, 0.05) is 35.7 Å². The van der Waals surface area contributed by atoms with Crippen LogP contribution in [-0.2, 0) is 13.1 Å². The van der Waals surface area contributed by atoms with Crippen LogP contribution < -0.4 is 5.32 Å². The molecule has 2 aromatic carbocycles. The van der Waals surface area contributed by atoms with Gasteiger partial charge in [0.2, 0.25) is 0 Å². The van der Waals surface area contributed by atoms with Crippen molar-refractivity contribution in [3.05, 3.63) is 88.5 Å². The Labute approximate surface area is 151 Å². The van der Waals surface area contributed by atoms with E-state index in [9.17, 15) is 14.3 Å². The molecule has 0 aliphatic carbocycles. The van der Waals surface area contributed by atoms with Crippen molar-refractivity contribution in [2.24, 2.45) is 0 Å². The standard InChI is InChI=1S/C21H21FN2O2/c1-14-19(13-23-12-16-8-10-17(22)11-9-16)20(21(25)26)15(2)24(14)18-6-4-3-5-7-18/h3-11,23H,12-13H2,1-2H3,(H,25,26). The summed E-state index contributed by atoms with van der Waals surface area (Å²) >= 11 is 0. The van der Waals surface area contributed by atoms with Crippen LogP contribution in [0.3, 0.4) is 0 Å². The minimum atomic E-state index is -0.932. The first-order valence-electron chi connectivity index (χ1n) is 8.43. The molecule has 0 radical (unpaired) electrons. The molecule has 134 valence electrons. The van der Waals surface area contributed by atoms with Crippen molar-refractivity contribution in [3.8, 4) is 5.69 Å². The zero-order valence-corrected chi connectivity index (χ0v) is 14.8. The lowest BCUT2D eigenvalue weighted by atomic mass is 10.1. The topological polar surface area (TPSA) is 54.3 Å². The molecule has 0 atom stereocenters. The van der Waals surface area contributed by atoms with Crippen LogP contribution in [0.25, 0.3) is 5.69 Å². The van der Waals surface area contributed by atoms with Gasteiger partial charge in [-0.05, 0) is 43.7 Å². The molecular weight excluding hydrogens is 331 g/mol. The third-order valence-electron chi connectivity index (χ3n) is 4.54. The van der Waals surface area contributed by atoms with E-state index >= 15 is 0 Å². The van der Waals surface area contributed by atoms with E-state index in [1.54, 1.807) is 12.1 Å². The van der Waals surface area contributed by atoms with Crippen molar-refractivity contribution in [1.29, 1.82) is 0 Å². The maximum absolute atomic E-state index is 13.0. The van der Waals surface area contributed by atoms with E-state index in [-0.39, 0.29) is 5.82 Å². The number of nitrogens with zero attached hydrogens (tertiary/aromatic N) is 1. The Hall–Kier alpha value is -2.92. The highest BCUT2D eigenvalue weighted by Gasteiger charge is 2.22. The summed E-state index contributed by atoms with van der Waals surface area (Å²) in [6, 6.07) is 16.0. The van der Waals surface area contributed by atoms with Crippen LogP contribution in [0.4, 0.5) is 4.39 Å². The molecular formula is C21H21FN2O2. The number of carbonyl (C=O) groups is 1. The second-order valence-electron chi connectivity index (χ2n) is 6.23. The van der Waals surface area contributed by atoms with Crippen LogP contribution in [0, 0.1) is 19.7 Å². The summed E-state index contributed by atoms with van der Waals surface area (Å²) in [5.41, 5.74) is 4.59. The summed E-state index contributed by atoms with van der Waals surface area (Å²) in [6.45, 7) is 4.72. The number of hydrogen-bond acceptors (Lipinski definition) is 2. The Morgan fingerprint density at radius 3 is 2.27 bits per heavy atom. The maximum Gasteiger partial charge on any atom is 0.337 e. The normalized spacial score (nSPS) is 10.9. The Balaban J connectivity index is 1.88. The van der Waals surface area contributed by atoms with E-state index in [4.69, 9.17) is 0 Å². The largest absolute Gasteiger partial charge is 0.478 e. The van der Waals surface area contributed by atoms with E-state index in [0.29, 0.717) is 24.3 Å². The maximum atomic E-state index is 13.0. The highest BCUT2D eigenvalue weighted by Crippen LogP contribution is 2.26. The fourth-order valence-corrected chi connectivity index (χ4v) is 3.30. The third-order valence-corrected chi connectivity index (χ3v) is 4.54. The summed E-state index contributed by atoms with van der Waals surface area (Å²) in [6.07, 6.45) is 0. The predicted molar refractivity (Wildman–Crippen MR) is 99.1 cm³/mol. The van der Waals surface area contributed by atoms with Crippen molar-refractivity contribution in [2.75, 3.05) is 0 Å². The highest BCUT2D eigenvalue weighted by atomic mass is 19.1. The minimum absolute atomic E-state index is 0.270. The fourth-order valence-electron chi connectivity index (χ4n) is 3.30. The number of aromatic carboxylic acids is 1. The number of hydrogen-bond donors (Lipinski definition) is 2. The number of rotatable bonds is 6. The number of nitrogens with one attached hydrogen (secondary N) is 1. The third kappa shape index (κ3) is 3.53. The molecule has 0 amide bonds. The average molecular weight is 352 g/mol. The van der Waals surface area contributed by atoms with E-state index < -0.39 is 5.97 Å². The minimum Gasteiger partial charge on any atom is -0.478 e.